The SMILES string of the molecule is CCO[C@@H]1C[C@@H](N(C)C(=O)c2csc(CN)n2)C12CCCCC2. The Hall–Kier alpha value is -0.980. The van der Waals surface area contributed by atoms with E-state index in [1.54, 1.807) is 0 Å². The summed E-state index contributed by atoms with van der Waals surface area (Å²) >= 11 is 1.46. The van der Waals surface area contributed by atoms with E-state index in [0.29, 0.717) is 18.3 Å². The Labute approximate surface area is 142 Å². The van der Waals surface area contributed by atoms with Gasteiger partial charge in [-0.25, -0.2) is 4.98 Å². The molecule has 2 aliphatic rings. The van der Waals surface area contributed by atoms with Gasteiger partial charge in [-0.15, -0.1) is 11.3 Å². The molecule has 1 aromatic rings. The average Bonchev–Trinajstić information content (AvgIpc) is 3.07. The minimum atomic E-state index is 0.0193. The van der Waals surface area contributed by atoms with Crippen LogP contribution in [-0.4, -0.2) is 41.6 Å². The van der Waals surface area contributed by atoms with Crippen LogP contribution in [0.25, 0.3) is 0 Å². The van der Waals surface area contributed by atoms with Crippen LogP contribution in [-0.2, 0) is 11.3 Å². The first kappa shape index (κ1) is 16.9. The third-order valence-electron chi connectivity index (χ3n) is 5.63. The van der Waals surface area contributed by atoms with Crippen LogP contribution in [0.3, 0.4) is 0 Å². The molecule has 0 unspecified atom stereocenters. The predicted molar refractivity (Wildman–Crippen MR) is 91.4 cm³/mol. The quantitative estimate of drug-likeness (QED) is 0.897. The van der Waals surface area contributed by atoms with E-state index in [2.05, 4.69) is 11.9 Å². The highest BCUT2D eigenvalue weighted by molar-refractivity contribution is 7.09. The molecular formula is C17H27N3O2S. The molecule has 0 aromatic carbocycles. The van der Waals surface area contributed by atoms with E-state index in [4.69, 9.17) is 10.5 Å². The van der Waals surface area contributed by atoms with Gasteiger partial charge in [0.05, 0.1) is 6.10 Å². The third kappa shape index (κ3) is 2.92. The predicted octanol–water partition coefficient (Wildman–Crippen LogP) is 2.80. The van der Waals surface area contributed by atoms with Gasteiger partial charge in [0.2, 0.25) is 0 Å². The van der Waals surface area contributed by atoms with E-state index in [9.17, 15) is 4.79 Å². The smallest absolute Gasteiger partial charge is 0.273 e. The van der Waals surface area contributed by atoms with E-state index >= 15 is 0 Å². The lowest BCUT2D eigenvalue weighted by molar-refractivity contribution is -0.170. The topological polar surface area (TPSA) is 68.5 Å². The summed E-state index contributed by atoms with van der Waals surface area (Å²) in [5.74, 6) is 0.0193. The first-order valence-electron chi connectivity index (χ1n) is 8.65. The van der Waals surface area contributed by atoms with Crippen molar-refractivity contribution in [2.45, 2.75) is 64.1 Å². The lowest BCUT2D eigenvalue weighted by atomic mass is 9.54. The van der Waals surface area contributed by atoms with Crippen LogP contribution in [0.1, 0.15) is 60.9 Å². The highest BCUT2D eigenvalue weighted by Gasteiger charge is 2.57. The Morgan fingerprint density at radius 3 is 2.83 bits per heavy atom. The molecule has 1 heterocycles. The molecule has 2 aliphatic carbocycles. The molecular weight excluding hydrogens is 310 g/mol. The van der Waals surface area contributed by atoms with Gasteiger partial charge in [0.1, 0.15) is 10.7 Å². The second-order valence-electron chi connectivity index (χ2n) is 6.74. The molecule has 3 rings (SSSR count). The van der Waals surface area contributed by atoms with Crippen LogP contribution in [0.2, 0.25) is 0 Å². The zero-order valence-electron chi connectivity index (χ0n) is 14.1. The van der Waals surface area contributed by atoms with E-state index in [1.165, 1.54) is 43.4 Å². The number of ether oxygens (including phenoxy) is 1. The number of rotatable bonds is 5. The molecule has 1 amide bonds. The number of carbonyl (C=O) groups is 1. The summed E-state index contributed by atoms with van der Waals surface area (Å²) in [6, 6.07) is 0.273. The number of amides is 1. The van der Waals surface area contributed by atoms with Crippen LogP contribution in [0, 0.1) is 5.41 Å². The van der Waals surface area contributed by atoms with Crippen LogP contribution in [0.5, 0.6) is 0 Å². The second-order valence-corrected chi connectivity index (χ2v) is 7.68. The summed E-state index contributed by atoms with van der Waals surface area (Å²) in [6.45, 7) is 3.20. The van der Waals surface area contributed by atoms with Crippen molar-refractivity contribution in [2.75, 3.05) is 13.7 Å². The van der Waals surface area contributed by atoms with Crippen molar-refractivity contribution in [1.82, 2.24) is 9.88 Å². The molecule has 1 spiro atoms. The summed E-state index contributed by atoms with van der Waals surface area (Å²) < 4.78 is 5.99. The fourth-order valence-electron chi connectivity index (χ4n) is 4.40. The summed E-state index contributed by atoms with van der Waals surface area (Å²) in [4.78, 5) is 19.1. The maximum atomic E-state index is 12.8. The number of nitrogens with zero attached hydrogens (tertiary/aromatic N) is 2. The van der Waals surface area contributed by atoms with Crippen molar-refractivity contribution in [2.24, 2.45) is 11.1 Å². The number of hydrogen-bond donors (Lipinski definition) is 1. The van der Waals surface area contributed by atoms with Gasteiger partial charge in [-0.1, -0.05) is 19.3 Å². The molecule has 2 fully saturated rings. The van der Waals surface area contributed by atoms with Gasteiger partial charge in [-0.2, -0.15) is 0 Å². The molecule has 0 saturated heterocycles. The first-order valence-corrected chi connectivity index (χ1v) is 9.53. The van der Waals surface area contributed by atoms with Crippen LogP contribution in [0.15, 0.2) is 5.38 Å². The molecule has 5 nitrogen and oxygen atoms in total. The lowest BCUT2D eigenvalue weighted by Crippen LogP contribution is -2.65. The van der Waals surface area contributed by atoms with Crippen molar-refractivity contribution < 1.29 is 9.53 Å². The van der Waals surface area contributed by atoms with E-state index in [-0.39, 0.29) is 17.4 Å². The Balaban J connectivity index is 1.75. The third-order valence-corrected chi connectivity index (χ3v) is 6.50. The van der Waals surface area contributed by atoms with Crippen LogP contribution < -0.4 is 5.73 Å². The van der Waals surface area contributed by atoms with Gasteiger partial charge in [-0.3, -0.25) is 4.79 Å². The molecule has 6 heteroatoms. The monoisotopic (exact) mass is 337 g/mol. The minimum Gasteiger partial charge on any atom is -0.378 e. The molecule has 0 radical (unpaired) electrons. The minimum absolute atomic E-state index is 0.0193. The van der Waals surface area contributed by atoms with Crippen molar-refractivity contribution in [3.63, 3.8) is 0 Å². The Kier molecular flexibility index (Phi) is 5.04. The Morgan fingerprint density at radius 2 is 2.22 bits per heavy atom. The van der Waals surface area contributed by atoms with Crippen LogP contribution >= 0.6 is 11.3 Å². The van der Waals surface area contributed by atoms with Gasteiger partial charge in [0.25, 0.3) is 5.91 Å². The molecule has 23 heavy (non-hydrogen) atoms. The molecule has 2 saturated carbocycles. The van der Waals surface area contributed by atoms with Gasteiger partial charge in [-0.05, 0) is 26.2 Å². The van der Waals surface area contributed by atoms with Crippen molar-refractivity contribution in [3.05, 3.63) is 16.1 Å². The van der Waals surface area contributed by atoms with Crippen molar-refractivity contribution in [1.29, 1.82) is 0 Å². The molecule has 0 aliphatic heterocycles. The fraction of sp³-hybridized carbons (Fsp3) is 0.765. The van der Waals surface area contributed by atoms with Gasteiger partial charge in [0, 0.05) is 37.0 Å². The number of thiazole rings is 1. The first-order chi connectivity index (χ1) is 11.1. The number of carbonyl (C=O) groups excluding carboxylic acids is 1. The fourth-order valence-corrected chi connectivity index (χ4v) is 5.04. The van der Waals surface area contributed by atoms with Gasteiger partial charge in [0.15, 0.2) is 0 Å². The number of hydrogen-bond acceptors (Lipinski definition) is 5. The maximum Gasteiger partial charge on any atom is 0.273 e. The van der Waals surface area contributed by atoms with E-state index < -0.39 is 0 Å². The molecule has 2 atom stereocenters. The zero-order valence-corrected chi connectivity index (χ0v) is 14.9. The largest absolute Gasteiger partial charge is 0.378 e. The summed E-state index contributed by atoms with van der Waals surface area (Å²) in [5, 5.41) is 2.64. The molecule has 0 bridgehead atoms. The Bertz CT molecular complexity index is 554. The maximum absolute atomic E-state index is 12.8. The van der Waals surface area contributed by atoms with Gasteiger partial charge < -0.3 is 15.4 Å². The summed E-state index contributed by atoms with van der Waals surface area (Å²) in [5.41, 5.74) is 6.30. The highest BCUT2D eigenvalue weighted by Crippen LogP contribution is 2.55. The normalized spacial score (nSPS) is 26.0. The van der Waals surface area contributed by atoms with Crippen molar-refractivity contribution in [3.8, 4) is 0 Å². The van der Waals surface area contributed by atoms with E-state index in [0.717, 1.165) is 18.0 Å². The number of aromatic nitrogens is 1. The lowest BCUT2D eigenvalue weighted by Gasteiger charge is -2.60. The molecule has 1 aromatic heterocycles. The van der Waals surface area contributed by atoms with E-state index in [1.807, 2.05) is 17.3 Å². The standard InChI is InChI=1S/C17H27N3O2S/c1-3-22-14-9-13(17(14)7-5-4-6-8-17)20(2)16(21)12-11-23-15(10-18)19-12/h11,13-14H,3-10,18H2,1-2H3/t13-,14-/m1/s1. The molecule has 2 N–H and O–H groups in total. The highest BCUT2D eigenvalue weighted by atomic mass is 32.1. The average molecular weight is 337 g/mol. The Morgan fingerprint density at radius 1 is 1.48 bits per heavy atom. The summed E-state index contributed by atoms with van der Waals surface area (Å²) in [6.07, 6.45) is 7.39. The molecule has 128 valence electrons. The second kappa shape index (κ2) is 6.87. The summed E-state index contributed by atoms with van der Waals surface area (Å²) in [7, 11) is 1.92. The van der Waals surface area contributed by atoms with Crippen molar-refractivity contribution >= 4 is 17.2 Å². The number of nitrogens with two attached hydrogens (primary N) is 1. The van der Waals surface area contributed by atoms with Crippen LogP contribution in [0.4, 0.5) is 0 Å². The zero-order chi connectivity index (χ0) is 16.4. The van der Waals surface area contributed by atoms with Gasteiger partial charge >= 0.3 is 0 Å².